The molecular weight excluding hydrogens is 264 g/mol. The maximum atomic E-state index is 11.6. The zero-order chi connectivity index (χ0) is 15.0. The lowest BCUT2D eigenvalue weighted by molar-refractivity contribution is 0.0699. The van der Waals surface area contributed by atoms with Gasteiger partial charge >= 0.3 is 5.97 Å². The van der Waals surface area contributed by atoms with E-state index < -0.39 is 5.97 Å². The summed E-state index contributed by atoms with van der Waals surface area (Å²) in [4.78, 5) is 16.3. The predicted octanol–water partition coefficient (Wildman–Crippen LogP) is 3.48. The third-order valence-electron chi connectivity index (χ3n) is 4.17. The second kappa shape index (κ2) is 5.45. The number of nitrogens with zero attached hydrogens (tertiary/aromatic N) is 1. The van der Waals surface area contributed by atoms with Crippen LogP contribution in [0.15, 0.2) is 24.3 Å². The van der Waals surface area contributed by atoms with E-state index in [1.807, 2.05) is 18.2 Å². The van der Waals surface area contributed by atoms with Crippen LogP contribution in [0.3, 0.4) is 0 Å². The second-order valence-electron chi connectivity index (χ2n) is 5.98. The van der Waals surface area contributed by atoms with Gasteiger partial charge < -0.3 is 10.4 Å². The van der Waals surface area contributed by atoms with Gasteiger partial charge in [-0.25, -0.2) is 4.79 Å². The zero-order valence-corrected chi connectivity index (χ0v) is 12.4. The molecule has 4 heteroatoms. The average molecular weight is 284 g/mol. The highest BCUT2D eigenvalue weighted by Crippen LogP contribution is 2.28. The van der Waals surface area contributed by atoms with Gasteiger partial charge in [0.15, 0.2) is 0 Å². The summed E-state index contributed by atoms with van der Waals surface area (Å²) >= 11 is 0. The van der Waals surface area contributed by atoms with Crippen molar-refractivity contribution in [3.63, 3.8) is 0 Å². The van der Waals surface area contributed by atoms with Gasteiger partial charge in [0.05, 0.1) is 16.8 Å². The molecule has 1 aliphatic rings. The molecule has 1 unspecified atom stereocenters. The van der Waals surface area contributed by atoms with E-state index in [4.69, 9.17) is 0 Å². The molecular formula is C17H20N2O2. The Morgan fingerprint density at radius 3 is 2.81 bits per heavy atom. The number of hydrogen-bond donors (Lipinski definition) is 2. The van der Waals surface area contributed by atoms with Gasteiger partial charge in [-0.2, -0.15) is 0 Å². The number of fused-ring (bicyclic) bond motifs is 1. The highest BCUT2D eigenvalue weighted by Gasteiger charge is 2.21. The summed E-state index contributed by atoms with van der Waals surface area (Å²) in [5.41, 5.74) is 3.10. The van der Waals surface area contributed by atoms with Crippen molar-refractivity contribution in [2.45, 2.75) is 38.6 Å². The van der Waals surface area contributed by atoms with Crippen molar-refractivity contribution in [2.24, 2.45) is 0 Å². The summed E-state index contributed by atoms with van der Waals surface area (Å²) in [7, 11) is 0. The molecule has 0 saturated carbocycles. The summed E-state index contributed by atoms with van der Waals surface area (Å²) in [5.74, 6) is -0.519. The van der Waals surface area contributed by atoms with Crippen molar-refractivity contribution in [2.75, 3.05) is 6.54 Å². The Morgan fingerprint density at radius 2 is 2.19 bits per heavy atom. The summed E-state index contributed by atoms with van der Waals surface area (Å²) < 4.78 is 0. The number of aromatic carboxylic acids is 1. The lowest BCUT2D eigenvalue weighted by Gasteiger charge is -2.14. The van der Waals surface area contributed by atoms with Crippen LogP contribution in [0.2, 0.25) is 0 Å². The van der Waals surface area contributed by atoms with E-state index in [1.165, 1.54) is 0 Å². The molecule has 3 rings (SSSR count). The fraction of sp³-hybridized carbons (Fsp3) is 0.412. The molecule has 21 heavy (non-hydrogen) atoms. The van der Waals surface area contributed by atoms with Gasteiger partial charge in [-0.05, 0) is 49.1 Å². The molecule has 1 aliphatic heterocycles. The quantitative estimate of drug-likeness (QED) is 0.905. The van der Waals surface area contributed by atoms with E-state index in [1.54, 1.807) is 6.07 Å². The van der Waals surface area contributed by atoms with Crippen molar-refractivity contribution in [1.82, 2.24) is 10.3 Å². The summed E-state index contributed by atoms with van der Waals surface area (Å²) in [6.45, 7) is 5.18. The molecule has 1 aromatic carbocycles. The van der Waals surface area contributed by atoms with Crippen LogP contribution >= 0.6 is 0 Å². The minimum absolute atomic E-state index is 0.178. The molecule has 1 fully saturated rings. The first kappa shape index (κ1) is 14.0. The highest BCUT2D eigenvalue weighted by molar-refractivity contribution is 6.02. The standard InChI is InChI=1S/C17H20N2O2/c1-10(2)11-5-6-14-12(8-11)13(17(20)21)9-16(19-14)15-4-3-7-18-15/h5-6,8-10,15,18H,3-4,7H2,1-2H3,(H,20,21). The molecule has 2 aromatic rings. The molecule has 2 heterocycles. The van der Waals surface area contributed by atoms with Crippen LogP contribution in [-0.2, 0) is 0 Å². The van der Waals surface area contributed by atoms with Crippen molar-refractivity contribution in [3.8, 4) is 0 Å². The summed E-state index contributed by atoms with van der Waals surface area (Å²) in [6, 6.07) is 7.85. The van der Waals surface area contributed by atoms with E-state index in [9.17, 15) is 9.90 Å². The fourth-order valence-electron chi connectivity index (χ4n) is 2.92. The Labute approximate surface area is 124 Å². The molecule has 2 N–H and O–H groups in total. The van der Waals surface area contributed by atoms with Crippen molar-refractivity contribution in [3.05, 3.63) is 41.1 Å². The molecule has 0 radical (unpaired) electrons. The Kier molecular flexibility index (Phi) is 3.64. The number of nitrogens with one attached hydrogen (secondary N) is 1. The largest absolute Gasteiger partial charge is 0.478 e. The maximum absolute atomic E-state index is 11.6. The zero-order valence-electron chi connectivity index (χ0n) is 12.4. The van der Waals surface area contributed by atoms with Gasteiger partial charge in [-0.15, -0.1) is 0 Å². The van der Waals surface area contributed by atoms with Crippen LogP contribution in [0, 0.1) is 0 Å². The molecule has 1 aromatic heterocycles. The van der Waals surface area contributed by atoms with Gasteiger partial charge in [-0.1, -0.05) is 19.9 Å². The Bertz CT molecular complexity index is 688. The van der Waals surface area contributed by atoms with E-state index in [0.717, 1.165) is 41.5 Å². The summed E-state index contributed by atoms with van der Waals surface area (Å²) in [6.07, 6.45) is 2.13. The molecule has 0 aliphatic carbocycles. The number of carboxylic acid groups (broad SMARTS) is 1. The van der Waals surface area contributed by atoms with Crippen LogP contribution in [0.1, 0.15) is 60.3 Å². The number of benzene rings is 1. The monoisotopic (exact) mass is 284 g/mol. The third kappa shape index (κ3) is 2.63. The first-order valence-electron chi connectivity index (χ1n) is 7.47. The first-order valence-corrected chi connectivity index (χ1v) is 7.47. The maximum Gasteiger partial charge on any atom is 0.336 e. The lowest BCUT2D eigenvalue weighted by Crippen LogP contribution is -2.15. The van der Waals surface area contributed by atoms with Crippen LogP contribution in [0.5, 0.6) is 0 Å². The van der Waals surface area contributed by atoms with E-state index in [-0.39, 0.29) is 6.04 Å². The van der Waals surface area contributed by atoms with Crippen LogP contribution < -0.4 is 5.32 Å². The predicted molar refractivity (Wildman–Crippen MR) is 82.8 cm³/mol. The molecule has 1 atom stereocenters. The smallest absolute Gasteiger partial charge is 0.336 e. The number of hydrogen-bond acceptors (Lipinski definition) is 3. The third-order valence-corrected chi connectivity index (χ3v) is 4.17. The van der Waals surface area contributed by atoms with Crippen LogP contribution in [0.25, 0.3) is 10.9 Å². The van der Waals surface area contributed by atoms with E-state index in [2.05, 4.69) is 24.1 Å². The van der Waals surface area contributed by atoms with Gasteiger partial charge in [0.1, 0.15) is 0 Å². The van der Waals surface area contributed by atoms with Gasteiger partial charge in [0.2, 0.25) is 0 Å². The minimum atomic E-state index is -0.887. The topological polar surface area (TPSA) is 62.2 Å². The van der Waals surface area contributed by atoms with Crippen molar-refractivity contribution >= 4 is 16.9 Å². The number of pyridine rings is 1. The Hall–Kier alpha value is -1.94. The molecule has 0 amide bonds. The van der Waals surface area contributed by atoms with Crippen molar-refractivity contribution in [1.29, 1.82) is 0 Å². The van der Waals surface area contributed by atoms with Gasteiger partial charge in [0, 0.05) is 11.4 Å². The number of carboxylic acids is 1. The van der Waals surface area contributed by atoms with E-state index in [0.29, 0.717) is 11.5 Å². The molecule has 110 valence electrons. The molecule has 4 nitrogen and oxygen atoms in total. The molecule has 1 saturated heterocycles. The number of aromatic nitrogens is 1. The number of rotatable bonds is 3. The number of carbonyl (C=O) groups is 1. The molecule has 0 bridgehead atoms. The molecule has 0 spiro atoms. The SMILES string of the molecule is CC(C)c1ccc2nc(C3CCCN3)cc(C(=O)O)c2c1. The lowest BCUT2D eigenvalue weighted by atomic mass is 9.97. The van der Waals surface area contributed by atoms with E-state index >= 15 is 0 Å². The highest BCUT2D eigenvalue weighted by atomic mass is 16.4. The average Bonchev–Trinajstić information content (AvgIpc) is 2.99. The normalized spacial score (nSPS) is 18.5. The minimum Gasteiger partial charge on any atom is -0.478 e. The van der Waals surface area contributed by atoms with Crippen LogP contribution in [-0.4, -0.2) is 22.6 Å². The van der Waals surface area contributed by atoms with Gasteiger partial charge in [0.25, 0.3) is 0 Å². The second-order valence-corrected chi connectivity index (χ2v) is 5.98. The fourth-order valence-corrected chi connectivity index (χ4v) is 2.92. The Morgan fingerprint density at radius 1 is 1.38 bits per heavy atom. The summed E-state index contributed by atoms with van der Waals surface area (Å²) in [5, 5.41) is 13.6. The Balaban J connectivity index is 2.18. The van der Waals surface area contributed by atoms with Crippen molar-refractivity contribution < 1.29 is 9.90 Å². The van der Waals surface area contributed by atoms with Crippen LogP contribution in [0.4, 0.5) is 0 Å². The first-order chi connectivity index (χ1) is 10.1. The van der Waals surface area contributed by atoms with Gasteiger partial charge in [-0.3, -0.25) is 4.98 Å².